The van der Waals surface area contributed by atoms with Gasteiger partial charge in [-0.15, -0.1) is 0 Å². The Hall–Kier alpha value is -2.47. The second-order valence-corrected chi connectivity index (χ2v) is 7.68. The molecule has 6 heteroatoms. The van der Waals surface area contributed by atoms with E-state index in [-0.39, 0.29) is 12.0 Å². The molecule has 5 nitrogen and oxygen atoms in total. The van der Waals surface area contributed by atoms with E-state index in [2.05, 4.69) is 39.5 Å². The van der Waals surface area contributed by atoms with E-state index in [9.17, 15) is 9.90 Å². The van der Waals surface area contributed by atoms with Gasteiger partial charge in [0.15, 0.2) is 11.5 Å². The lowest BCUT2D eigenvalue weighted by molar-refractivity contribution is 0.0696. The van der Waals surface area contributed by atoms with Crippen LogP contribution in [0.25, 0.3) is 0 Å². The quantitative estimate of drug-likeness (QED) is 0.669. The molecule has 0 saturated heterocycles. The minimum atomic E-state index is -0.901. The van der Waals surface area contributed by atoms with Crippen molar-refractivity contribution in [3.05, 3.63) is 63.6 Å². The van der Waals surface area contributed by atoms with E-state index >= 15 is 0 Å². The highest BCUT2D eigenvalue weighted by Crippen LogP contribution is 2.51. The van der Waals surface area contributed by atoms with Gasteiger partial charge in [0.25, 0.3) is 0 Å². The van der Waals surface area contributed by atoms with Gasteiger partial charge in [-0.05, 0) is 69.7 Å². The van der Waals surface area contributed by atoms with Crippen LogP contribution in [0.5, 0.6) is 11.5 Å². The number of nitrogens with one attached hydrogen (secondary N) is 1. The molecule has 2 N–H and O–H groups in total. The summed E-state index contributed by atoms with van der Waals surface area (Å²) in [6, 6.07) is 9.46. The third-order valence-corrected chi connectivity index (χ3v) is 6.01. The molecule has 2 aliphatic rings. The van der Waals surface area contributed by atoms with Gasteiger partial charge in [-0.3, -0.25) is 0 Å². The molecule has 0 fully saturated rings. The van der Waals surface area contributed by atoms with Crippen molar-refractivity contribution in [3.63, 3.8) is 0 Å². The summed E-state index contributed by atoms with van der Waals surface area (Å²) >= 11 is 3.58. The van der Waals surface area contributed by atoms with Crippen molar-refractivity contribution in [2.75, 3.05) is 19.5 Å². The summed E-state index contributed by atoms with van der Waals surface area (Å²) in [6.07, 6.45) is 5.31. The first-order chi connectivity index (χ1) is 13.0. The summed E-state index contributed by atoms with van der Waals surface area (Å²) in [5.74, 6) is 0.953. The molecule has 3 atom stereocenters. The van der Waals surface area contributed by atoms with Gasteiger partial charge in [0.05, 0.1) is 30.3 Å². The topological polar surface area (TPSA) is 67.8 Å². The zero-order valence-electron chi connectivity index (χ0n) is 15.0. The van der Waals surface area contributed by atoms with Gasteiger partial charge >= 0.3 is 5.97 Å². The van der Waals surface area contributed by atoms with Gasteiger partial charge in [-0.2, -0.15) is 0 Å². The van der Waals surface area contributed by atoms with E-state index in [1.165, 1.54) is 0 Å². The number of aromatic carboxylic acids is 1. The molecule has 0 saturated carbocycles. The van der Waals surface area contributed by atoms with Crippen molar-refractivity contribution >= 4 is 27.6 Å². The SMILES string of the molecule is COc1cc([C@@H]2Nc3ccc(C(=O)O)cc3[C@@H]3C=CC[C@@H]32)cc(Br)c1OC. The highest BCUT2D eigenvalue weighted by Gasteiger charge is 2.38. The maximum absolute atomic E-state index is 11.4. The highest BCUT2D eigenvalue weighted by molar-refractivity contribution is 9.10. The molecule has 0 unspecified atom stereocenters. The molecule has 0 bridgehead atoms. The van der Waals surface area contributed by atoms with Crippen LogP contribution in [-0.2, 0) is 0 Å². The number of allylic oxidation sites excluding steroid dienone is 2. The lowest BCUT2D eigenvalue weighted by Crippen LogP contribution is -2.29. The van der Waals surface area contributed by atoms with Crippen molar-refractivity contribution in [3.8, 4) is 11.5 Å². The van der Waals surface area contributed by atoms with Gasteiger partial charge in [0.1, 0.15) is 0 Å². The fraction of sp³-hybridized carbons (Fsp3) is 0.286. The standard InChI is InChI=1S/C21H20BrNO4/c1-26-18-10-12(9-16(22)20(18)27-2)19-14-5-3-4-13(14)15-8-11(21(24)25)6-7-17(15)23-19/h3-4,6-10,13-14,19,23H,5H2,1-2H3,(H,24,25)/t13-,14+,19+/m1/s1. The third kappa shape index (κ3) is 2.98. The Balaban J connectivity index is 1.78. The Morgan fingerprint density at radius 1 is 1.22 bits per heavy atom. The number of methoxy groups -OCH3 is 2. The predicted octanol–water partition coefficient (Wildman–Crippen LogP) is 4.99. The van der Waals surface area contributed by atoms with Crippen LogP contribution in [0.3, 0.4) is 0 Å². The van der Waals surface area contributed by atoms with Gasteiger partial charge in [0.2, 0.25) is 0 Å². The van der Waals surface area contributed by atoms with Crippen LogP contribution < -0.4 is 14.8 Å². The van der Waals surface area contributed by atoms with E-state index < -0.39 is 5.97 Å². The monoisotopic (exact) mass is 429 g/mol. The zero-order chi connectivity index (χ0) is 19.1. The van der Waals surface area contributed by atoms with E-state index in [4.69, 9.17) is 9.47 Å². The molecule has 1 aliphatic heterocycles. The number of benzene rings is 2. The smallest absolute Gasteiger partial charge is 0.335 e. The van der Waals surface area contributed by atoms with Crippen molar-refractivity contribution in [1.82, 2.24) is 0 Å². The summed E-state index contributed by atoms with van der Waals surface area (Å²) < 4.78 is 11.8. The van der Waals surface area contributed by atoms with Crippen LogP contribution in [0.15, 0.2) is 47.0 Å². The second kappa shape index (κ2) is 6.93. The first-order valence-electron chi connectivity index (χ1n) is 8.75. The second-order valence-electron chi connectivity index (χ2n) is 6.82. The average Bonchev–Trinajstić information content (AvgIpc) is 3.16. The van der Waals surface area contributed by atoms with Crippen LogP contribution in [0.4, 0.5) is 5.69 Å². The summed E-state index contributed by atoms with van der Waals surface area (Å²) in [7, 11) is 3.25. The van der Waals surface area contributed by atoms with Gasteiger partial charge in [-0.25, -0.2) is 4.79 Å². The number of hydrogen-bond donors (Lipinski definition) is 2. The number of anilines is 1. The molecule has 0 amide bonds. The largest absolute Gasteiger partial charge is 0.493 e. The molecular weight excluding hydrogens is 410 g/mol. The summed E-state index contributed by atoms with van der Waals surface area (Å²) in [4.78, 5) is 11.4. The first-order valence-corrected chi connectivity index (χ1v) is 9.54. The maximum atomic E-state index is 11.4. The van der Waals surface area contributed by atoms with Gasteiger partial charge < -0.3 is 19.9 Å². The van der Waals surface area contributed by atoms with Crippen molar-refractivity contribution < 1.29 is 19.4 Å². The Morgan fingerprint density at radius 2 is 2.04 bits per heavy atom. The van der Waals surface area contributed by atoms with Gasteiger partial charge in [0, 0.05) is 11.6 Å². The Labute approximate surface area is 166 Å². The number of hydrogen-bond acceptors (Lipinski definition) is 4. The number of fused-ring (bicyclic) bond motifs is 3. The van der Waals surface area contributed by atoms with Crippen LogP contribution >= 0.6 is 15.9 Å². The number of carboxylic acids is 1. The Kier molecular flexibility index (Phi) is 4.60. The molecule has 1 heterocycles. The number of halogens is 1. The zero-order valence-corrected chi connectivity index (χ0v) is 16.6. The summed E-state index contributed by atoms with van der Waals surface area (Å²) in [6.45, 7) is 0. The third-order valence-electron chi connectivity index (χ3n) is 5.42. The fourth-order valence-electron chi connectivity index (χ4n) is 4.17. The molecule has 2 aromatic carbocycles. The predicted molar refractivity (Wildman–Crippen MR) is 107 cm³/mol. The summed E-state index contributed by atoms with van der Waals surface area (Å²) in [5, 5.41) is 12.9. The van der Waals surface area contributed by atoms with Crippen molar-refractivity contribution in [2.24, 2.45) is 5.92 Å². The van der Waals surface area contributed by atoms with Gasteiger partial charge in [-0.1, -0.05) is 12.2 Å². The molecule has 0 radical (unpaired) electrons. The summed E-state index contributed by atoms with van der Waals surface area (Å²) in [5.41, 5.74) is 3.45. The van der Waals surface area contributed by atoms with Crippen LogP contribution in [0.1, 0.15) is 39.9 Å². The molecule has 0 aromatic heterocycles. The Bertz CT molecular complexity index is 940. The molecule has 1 aliphatic carbocycles. The normalized spacial score (nSPS) is 22.6. The fourth-order valence-corrected chi connectivity index (χ4v) is 4.80. The number of ether oxygens (including phenoxy) is 2. The van der Waals surface area contributed by atoms with Crippen molar-refractivity contribution in [1.29, 1.82) is 0 Å². The van der Waals surface area contributed by atoms with Crippen molar-refractivity contribution in [2.45, 2.75) is 18.4 Å². The molecule has 27 heavy (non-hydrogen) atoms. The average molecular weight is 430 g/mol. The molecular formula is C21H20BrNO4. The maximum Gasteiger partial charge on any atom is 0.335 e. The highest BCUT2D eigenvalue weighted by atomic mass is 79.9. The van der Waals surface area contributed by atoms with E-state index in [0.717, 1.165) is 27.7 Å². The molecule has 4 rings (SSSR count). The van der Waals surface area contributed by atoms with E-state index in [0.29, 0.717) is 23.0 Å². The minimum Gasteiger partial charge on any atom is -0.493 e. The lowest BCUT2D eigenvalue weighted by Gasteiger charge is -2.38. The molecule has 140 valence electrons. The minimum absolute atomic E-state index is 0.0873. The molecule has 2 aromatic rings. The Morgan fingerprint density at radius 3 is 2.74 bits per heavy atom. The van der Waals surface area contributed by atoms with Crippen LogP contribution in [-0.4, -0.2) is 25.3 Å². The van der Waals surface area contributed by atoms with E-state index in [1.54, 1.807) is 26.4 Å². The van der Waals surface area contributed by atoms with Crippen LogP contribution in [0.2, 0.25) is 0 Å². The number of carbonyl (C=O) groups is 1. The lowest BCUT2D eigenvalue weighted by atomic mass is 9.76. The first kappa shape index (κ1) is 17.9. The van der Waals surface area contributed by atoms with E-state index in [1.807, 2.05) is 12.1 Å². The number of rotatable bonds is 4. The molecule has 0 spiro atoms. The van der Waals surface area contributed by atoms with Crippen LogP contribution in [0, 0.1) is 5.92 Å². The number of carboxylic acid groups (broad SMARTS) is 1.